The smallest absolute Gasteiger partial charge is 0.328 e. The van der Waals surface area contributed by atoms with E-state index in [1.807, 2.05) is 18.5 Å². The molecule has 1 aromatic carbocycles. The summed E-state index contributed by atoms with van der Waals surface area (Å²) in [5, 5.41) is 10.7. The molecule has 0 spiro atoms. The molecule has 0 aliphatic rings. The van der Waals surface area contributed by atoms with Gasteiger partial charge >= 0.3 is 5.97 Å². The second-order valence-corrected chi connectivity index (χ2v) is 8.41. The fourth-order valence-electron chi connectivity index (χ4n) is 3.20. The zero-order valence-corrected chi connectivity index (χ0v) is 18.5. The molecule has 0 saturated heterocycles. The van der Waals surface area contributed by atoms with Gasteiger partial charge in [-0.3, -0.25) is 4.79 Å². The second-order valence-electron chi connectivity index (χ2n) is 7.49. The second kappa shape index (κ2) is 12.3. The normalized spacial score (nSPS) is 11.2. The first-order valence-electron chi connectivity index (χ1n) is 10.4. The van der Waals surface area contributed by atoms with E-state index in [0.29, 0.717) is 13.0 Å². The molecule has 1 aromatic heterocycles. The van der Waals surface area contributed by atoms with E-state index in [9.17, 15) is 14.0 Å². The van der Waals surface area contributed by atoms with Crippen molar-refractivity contribution in [3.63, 3.8) is 0 Å². The van der Waals surface area contributed by atoms with Gasteiger partial charge in [-0.05, 0) is 41.1 Å². The SMILES string of the molecule is CCCCCCCCC(=O)N(C)Cc1csc(-c2ccc(/C=C/C(=O)O)c(F)c2)c1. The highest BCUT2D eigenvalue weighted by Crippen LogP contribution is 2.29. The number of halogens is 1. The van der Waals surface area contributed by atoms with Crippen LogP contribution < -0.4 is 0 Å². The van der Waals surface area contributed by atoms with Crippen molar-refractivity contribution in [2.75, 3.05) is 7.05 Å². The maximum absolute atomic E-state index is 14.2. The molecule has 162 valence electrons. The number of benzene rings is 1. The lowest BCUT2D eigenvalue weighted by molar-refractivity contribution is -0.131. The zero-order valence-electron chi connectivity index (χ0n) is 17.7. The molecular formula is C24H30FNO3S. The number of thiophene rings is 1. The van der Waals surface area contributed by atoms with Gasteiger partial charge in [0.15, 0.2) is 0 Å². The lowest BCUT2D eigenvalue weighted by Crippen LogP contribution is -2.25. The molecule has 1 heterocycles. The summed E-state index contributed by atoms with van der Waals surface area (Å²) in [5.41, 5.74) is 1.99. The van der Waals surface area contributed by atoms with Gasteiger partial charge in [-0.1, -0.05) is 51.2 Å². The van der Waals surface area contributed by atoms with Crippen LogP contribution in [0.2, 0.25) is 0 Å². The van der Waals surface area contributed by atoms with E-state index in [1.165, 1.54) is 49.2 Å². The van der Waals surface area contributed by atoms with E-state index in [-0.39, 0.29) is 11.5 Å². The Hall–Kier alpha value is -2.47. The van der Waals surface area contributed by atoms with Crippen molar-refractivity contribution in [2.24, 2.45) is 0 Å². The van der Waals surface area contributed by atoms with Crippen molar-refractivity contribution in [1.82, 2.24) is 4.90 Å². The number of carboxylic acid groups (broad SMARTS) is 1. The van der Waals surface area contributed by atoms with E-state index in [1.54, 1.807) is 17.0 Å². The molecule has 0 aliphatic heterocycles. The average Bonchev–Trinajstić information content (AvgIpc) is 3.17. The van der Waals surface area contributed by atoms with Gasteiger partial charge in [0, 0.05) is 36.5 Å². The molecule has 0 radical (unpaired) electrons. The lowest BCUT2D eigenvalue weighted by Gasteiger charge is -2.16. The first-order chi connectivity index (χ1) is 14.4. The van der Waals surface area contributed by atoms with Crippen LogP contribution in [0, 0.1) is 5.82 Å². The molecule has 30 heavy (non-hydrogen) atoms. The third kappa shape index (κ3) is 7.75. The number of rotatable bonds is 12. The highest BCUT2D eigenvalue weighted by atomic mass is 32.1. The standard InChI is InChI=1S/C24H30FNO3S/c1-3-4-5-6-7-8-9-23(27)26(2)16-18-14-22(30-17-18)20-11-10-19(21(25)15-20)12-13-24(28)29/h10-15,17H,3-9,16H2,1-2H3,(H,28,29)/b13-12+. The van der Waals surface area contributed by atoms with E-state index >= 15 is 0 Å². The molecule has 2 rings (SSSR count). The Bertz CT molecular complexity index is 875. The number of nitrogens with zero attached hydrogens (tertiary/aromatic N) is 1. The summed E-state index contributed by atoms with van der Waals surface area (Å²) in [6.45, 7) is 2.73. The van der Waals surface area contributed by atoms with Crippen molar-refractivity contribution >= 4 is 29.3 Å². The summed E-state index contributed by atoms with van der Waals surface area (Å²) in [6.07, 6.45) is 9.70. The Morgan fingerprint density at radius 3 is 2.57 bits per heavy atom. The summed E-state index contributed by atoms with van der Waals surface area (Å²) in [6, 6.07) is 6.72. The van der Waals surface area contributed by atoms with Crippen LogP contribution in [0.1, 0.15) is 63.0 Å². The Balaban J connectivity index is 1.89. The molecule has 0 saturated carbocycles. The van der Waals surface area contributed by atoms with Crippen LogP contribution in [0.15, 0.2) is 35.7 Å². The predicted octanol–water partition coefficient (Wildman–Crippen LogP) is 6.36. The van der Waals surface area contributed by atoms with Crippen LogP contribution in [0.25, 0.3) is 16.5 Å². The molecule has 4 nitrogen and oxygen atoms in total. The third-order valence-electron chi connectivity index (χ3n) is 4.93. The van der Waals surface area contributed by atoms with E-state index in [4.69, 9.17) is 5.11 Å². The maximum Gasteiger partial charge on any atom is 0.328 e. The van der Waals surface area contributed by atoms with E-state index in [0.717, 1.165) is 34.9 Å². The van der Waals surface area contributed by atoms with Crippen molar-refractivity contribution in [2.45, 2.75) is 58.4 Å². The van der Waals surface area contributed by atoms with Crippen molar-refractivity contribution in [1.29, 1.82) is 0 Å². The van der Waals surface area contributed by atoms with Crippen LogP contribution in [-0.2, 0) is 16.1 Å². The molecule has 0 atom stereocenters. The first-order valence-corrected chi connectivity index (χ1v) is 11.3. The Morgan fingerprint density at radius 1 is 1.13 bits per heavy atom. The predicted molar refractivity (Wildman–Crippen MR) is 121 cm³/mol. The molecule has 0 bridgehead atoms. The number of carbonyl (C=O) groups is 2. The minimum absolute atomic E-state index is 0.152. The number of amides is 1. The molecule has 2 aromatic rings. The summed E-state index contributed by atoms with van der Waals surface area (Å²) in [7, 11) is 1.82. The van der Waals surface area contributed by atoms with Gasteiger partial charge < -0.3 is 10.0 Å². The van der Waals surface area contributed by atoms with Gasteiger partial charge in [0.1, 0.15) is 5.82 Å². The minimum atomic E-state index is -1.11. The van der Waals surface area contributed by atoms with Crippen LogP contribution >= 0.6 is 11.3 Å². The van der Waals surface area contributed by atoms with E-state index < -0.39 is 11.8 Å². The van der Waals surface area contributed by atoms with Crippen LogP contribution in [0.3, 0.4) is 0 Å². The van der Waals surface area contributed by atoms with Gasteiger partial charge in [-0.25, -0.2) is 9.18 Å². The minimum Gasteiger partial charge on any atom is -0.478 e. The van der Waals surface area contributed by atoms with Gasteiger partial charge in [0.25, 0.3) is 0 Å². The van der Waals surface area contributed by atoms with Crippen molar-refractivity contribution < 1.29 is 19.1 Å². The quantitative estimate of drug-likeness (QED) is 0.314. The van der Waals surface area contributed by atoms with Crippen LogP contribution in [0.4, 0.5) is 4.39 Å². The number of hydrogen-bond donors (Lipinski definition) is 1. The number of aliphatic carboxylic acids is 1. The molecule has 0 fully saturated rings. The van der Waals surface area contributed by atoms with Gasteiger partial charge in [0.2, 0.25) is 5.91 Å². The molecule has 6 heteroatoms. The molecule has 1 N–H and O–H groups in total. The largest absolute Gasteiger partial charge is 0.478 e. The van der Waals surface area contributed by atoms with Crippen LogP contribution in [-0.4, -0.2) is 28.9 Å². The van der Waals surface area contributed by atoms with Crippen molar-refractivity contribution in [3.8, 4) is 10.4 Å². The maximum atomic E-state index is 14.2. The summed E-state index contributed by atoms with van der Waals surface area (Å²) in [5.74, 6) is -1.43. The Morgan fingerprint density at radius 2 is 1.87 bits per heavy atom. The highest BCUT2D eigenvalue weighted by molar-refractivity contribution is 7.13. The Kier molecular flexibility index (Phi) is 9.74. The number of unbranched alkanes of at least 4 members (excludes halogenated alkanes) is 5. The van der Waals surface area contributed by atoms with Crippen LogP contribution in [0.5, 0.6) is 0 Å². The molecular weight excluding hydrogens is 401 g/mol. The molecule has 1 amide bonds. The topological polar surface area (TPSA) is 57.6 Å². The monoisotopic (exact) mass is 431 g/mol. The highest BCUT2D eigenvalue weighted by Gasteiger charge is 2.12. The fraction of sp³-hybridized carbons (Fsp3) is 0.417. The lowest BCUT2D eigenvalue weighted by atomic mass is 10.1. The Labute approximate surface area is 182 Å². The van der Waals surface area contributed by atoms with Gasteiger partial charge in [-0.15, -0.1) is 11.3 Å². The summed E-state index contributed by atoms with van der Waals surface area (Å²) >= 11 is 1.50. The summed E-state index contributed by atoms with van der Waals surface area (Å²) in [4.78, 5) is 25.6. The van der Waals surface area contributed by atoms with Gasteiger partial charge in [0.05, 0.1) is 0 Å². The van der Waals surface area contributed by atoms with Gasteiger partial charge in [-0.2, -0.15) is 0 Å². The first kappa shape index (κ1) is 23.8. The number of hydrogen-bond acceptors (Lipinski definition) is 3. The van der Waals surface area contributed by atoms with E-state index in [2.05, 4.69) is 6.92 Å². The fourth-order valence-corrected chi connectivity index (χ4v) is 4.10. The number of carboxylic acids is 1. The summed E-state index contributed by atoms with van der Waals surface area (Å²) < 4.78 is 14.2. The molecule has 0 aliphatic carbocycles. The zero-order chi connectivity index (χ0) is 21.9. The molecule has 0 unspecified atom stereocenters. The third-order valence-corrected chi connectivity index (χ3v) is 5.96. The van der Waals surface area contributed by atoms with Crippen molar-refractivity contribution in [3.05, 3.63) is 52.7 Å². The number of carbonyl (C=O) groups excluding carboxylic acids is 1. The average molecular weight is 432 g/mol.